The first-order valence-electron chi connectivity index (χ1n) is 9.46. The third kappa shape index (κ3) is 4.67. The van der Waals surface area contributed by atoms with Gasteiger partial charge in [-0.2, -0.15) is 0 Å². The van der Waals surface area contributed by atoms with Crippen molar-refractivity contribution in [3.05, 3.63) is 89.3 Å². The first-order valence-corrected chi connectivity index (χ1v) is 10.3. The average molecular weight is 416 g/mol. The molecule has 0 atom stereocenters. The zero-order valence-corrected chi connectivity index (χ0v) is 17.5. The first-order chi connectivity index (χ1) is 14.6. The van der Waals surface area contributed by atoms with E-state index in [1.165, 1.54) is 5.56 Å². The number of rotatable bonds is 6. The number of carbonyl (C=O) groups excluding carboxylic acids is 1. The number of hydrogen-bond acceptors (Lipinski definition) is 5. The Bertz CT molecular complexity index is 1130. The Kier molecular flexibility index (Phi) is 5.77. The quantitative estimate of drug-likeness (QED) is 0.398. The molecule has 0 bridgehead atoms. The Morgan fingerprint density at radius 3 is 2.23 bits per heavy atom. The summed E-state index contributed by atoms with van der Waals surface area (Å²) in [6.07, 6.45) is 0. The number of aryl methyl sites for hydroxylation is 1. The highest BCUT2D eigenvalue weighted by molar-refractivity contribution is 7.14. The fourth-order valence-electron chi connectivity index (χ4n) is 2.89. The van der Waals surface area contributed by atoms with E-state index < -0.39 is 0 Å². The molecule has 6 heteroatoms. The van der Waals surface area contributed by atoms with Crippen LogP contribution in [-0.2, 0) is 0 Å². The Morgan fingerprint density at radius 2 is 1.57 bits per heavy atom. The molecule has 4 rings (SSSR count). The summed E-state index contributed by atoms with van der Waals surface area (Å²) < 4.78 is 5.12. The smallest absolute Gasteiger partial charge is 0.255 e. The summed E-state index contributed by atoms with van der Waals surface area (Å²) in [5, 5.41) is 9.09. The van der Waals surface area contributed by atoms with Crippen LogP contribution >= 0.6 is 11.3 Å². The molecule has 0 aliphatic rings. The van der Waals surface area contributed by atoms with Gasteiger partial charge in [0.2, 0.25) is 0 Å². The normalized spacial score (nSPS) is 10.5. The van der Waals surface area contributed by atoms with Gasteiger partial charge in [-0.05, 0) is 55.5 Å². The molecule has 0 saturated carbocycles. The van der Waals surface area contributed by atoms with E-state index in [0.29, 0.717) is 5.56 Å². The minimum absolute atomic E-state index is 0.163. The van der Waals surface area contributed by atoms with Gasteiger partial charge in [-0.25, -0.2) is 4.98 Å². The van der Waals surface area contributed by atoms with Crippen molar-refractivity contribution in [2.45, 2.75) is 6.92 Å². The molecule has 1 aromatic heterocycles. The van der Waals surface area contributed by atoms with Crippen LogP contribution in [0.25, 0.3) is 11.3 Å². The van der Waals surface area contributed by atoms with E-state index in [0.717, 1.165) is 33.5 Å². The second-order valence-electron chi connectivity index (χ2n) is 6.79. The Morgan fingerprint density at radius 1 is 0.900 bits per heavy atom. The topological polar surface area (TPSA) is 63.2 Å². The second-order valence-corrected chi connectivity index (χ2v) is 7.65. The predicted molar refractivity (Wildman–Crippen MR) is 123 cm³/mol. The fraction of sp³-hybridized carbons (Fsp3) is 0.0833. The molecule has 30 heavy (non-hydrogen) atoms. The van der Waals surface area contributed by atoms with Crippen LogP contribution < -0.4 is 15.4 Å². The molecule has 0 fully saturated rings. The molecule has 4 aromatic rings. The van der Waals surface area contributed by atoms with Crippen LogP contribution in [-0.4, -0.2) is 18.0 Å². The molecule has 1 heterocycles. The summed E-state index contributed by atoms with van der Waals surface area (Å²) in [5.41, 5.74) is 5.42. The number of nitrogens with zero attached hydrogens (tertiary/aromatic N) is 1. The number of hydrogen-bond donors (Lipinski definition) is 2. The lowest BCUT2D eigenvalue weighted by Gasteiger charge is -2.07. The van der Waals surface area contributed by atoms with Crippen molar-refractivity contribution in [2.24, 2.45) is 0 Å². The molecular weight excluding hydrogens is 394 g/mol. The van der Waals surface area contributed by atoms with Gasteiger partial charge in [0.15, 0.2) is 5.13 Å². The number of carbonyl (C=O) groups is 1. The zero-order valence-electron chi connectivity index (χ0n) is 16.7. The molecule has 0 radical (unpaired) electrons. The van der Waals surface area contributed by atoms with Gasteiger partial charge in [0.25, 0.3) is 5.91 Å². The van der Waals surface area contributed by atoms with Crippen molar-refractivity contribution >= 4 is 33.8 Å². The average Bonchev–Trinajstić information content (AvgIpc) is 3.24. The highest BCUT2D eigenvalue weighted by Crippen LogP contribution is 2.28. The second kappa shape index (κ2) is 8.80. The maximum Gasteiger partial charge on any atom is 0.255 e. The van der Waals surface area contributed by atoms with Crippen molar-refractivity contribution in [1.82, 2.24) is 4.98 Å². The summed E-state index contributed by atoms with van der Waals surface area (Å²) in [5.74, 6) is 0.555. The lowest BCUT2D eigenvalue weighted by molar-refractivity contribution is 0.102. The lowest BCUT2D eigenvalue weighted by Crippen LogP contribution is -2.11. The number of benzene rings is 3. The van der Waals surface area contributed by atoms with Gasteiger partial charge in [0.05, 0.1) is 12.8 Å². The molecule has 0 unspecified atom stereocenters. The van der Waals surface area contributed by atoms with Crippen LogP contribution in [0.5, 0.6) is 5.75 Å². The van der Waals surface area contributed by atoms with Crippen molar-refractivity contribution in [1.29, 1.82) is 0 Å². The van der Waals surface area contributed by atoms with Crippen LogP contribution in [0, 0.1) is 6.92 Å². The zero-order chi connectivity index (χ0) is 20.9. The minimum Gasteiger partial charge on any atom is -0.497 e. The monoisotopic (exact) mass is 415 g/mol. The number of ether oxygens (including phenoxy) is 1. The largest absolute Gasteiger partial charge is 0.497 e. The van der Waals surface area contributed by atoms with Gasteiger partial charge in [-0.3, -0.25) is 4.79 Å². The maximum absolute atomic E-state index is 12.4. The summed E-state index contributed by atoms with van der Waals surface area (Å²) in [6.45, 7) is 2.06. The Hall–Kier alpha value is -3.64. The molecule has 1 amide bonds. The minimum atomic E-state index is -0.163. The number of thiazole rings is 1. The number of methoxy groups -OCH3 is 1. The molecular formula is C24H21N3O2S. The molecule has 2 N–H and O–H groups in total. The third-order valence-electron chi connectivity index (χ3n) is 4.60. The van der Waals surface area contributed by atoms with E-state index in [4.69, 9.17) is 4.74 Å². The highest BCUT2D eigenvalue weighted by Gasteiger charge is 2.08. The van der Waals surface area contributed by atoms with Gasteiger partial charge in [0.1, 0.15) is 5.75 Å². The van der Waals surface area contributed by atoms with E-state index in [1.807, 2.05) is 41.8 Å². The first kappa shape index (κ1) is 19.7. The lowest BCUT2D eigenvalue weighted by atomic mass is 10.1. The van der Waals surface area contributed by atoms with Crippen molar-refractivity contribution in [3.63, 3.8) is 0 Å². The molecule has 0 aliphatic carbocycles. The summed E-state index contributed by atoms with van der Waals surface area (Å²) in [6, 6.07) is 22.9. The predicted octanol–water partition coefficient (Wildman–Crippen LogP) is 6.12. The van der Waals surface area contributed by atoms with Gasteiger partial charge < -0.3 is 15.4 Å². The van der Waals surface area contributed by atoms with E-state index in [2.05, 4.69) is 34.7 Å². The van der Waals surface area contributed by atoms with Crippen molar-refractivity contribution in [2.75, 3.05) is 17.7 Å². The van der Waals surface area contributed by atoms with E-state index in [-0.39, 0.29) is 5.91 Å². The van der Waals surface area contributed by atoms with Crippen LogP contribution in [0.3, 0.4) is 0 Å². The summed E-state index contributed by atoms with van der Waals surface area (Å²) >= 11 is 1.56. The highest BCUT2D eigenvalue weighted by atomic mass is 32.1. The number of aromatic nitrogens is 1. The summed E-state index contributed by atoms with van der Waals surface area (Å²) in [7, 11) is 1.60. The molecule has 5 nitrogen and oxygen atoms in total. The molecule has 0 spiro atoms. The third-order valence-corrected chi connectivity index (χ3v) is 5.36. The molecule has 150 valence electrons. The SMILES string of the molecule is COc1ccc(C(=O)Nc2ccc(-c3csc(Nc4ccc(C)cc4)n3)cc2)cc1. The Balaban J connectivity index is 1.41. The van der Waals surface area contributed by atoms with Crippen molar-refractivity contribution in [3.8, 4) is 17.0 Å². The van der Waals surface area contributed by atoms with Gasteiger partial charge in [0, 0.05) is 27.9 Å². The van der Waals surface area contributed by atoms with Crippen LogP contribution in [0.15, 0.2) is 78.2 Å². The summed E-state index contributed by atoms with van der Waals surface area (Å²) in [4.78, 5) is 17.1. The Labute approximate surface area is 179 Å². The van der Waals surface area contributed by atoms with Gasteiger partial charge >= 0.3 is 0 Å². The van der Waals surface area contributed by atoms with E-state index in [1.54, 1.807) is 42.7 Å². The number of nitrogens with one attached hydrogen (secondary N) is 2. The molecule has 0 saturated heterocycles. The standard InChI is InChI=1S/C24H21N3O2S/c1-16-3-9-20(10-4-16)26-24-27-22(15-30-24)17-5-11-19(12-6-17)25-23(28)18-7-13-21(29-2)14-8-18/h3-15H,1-2H3,(H,25,28)(H,26,27). The van der Waals surface area contributed by atoms with Crippen molar-refractivity contribution < 1.29 is 9.53 Å². The van der Waals surface area contributed by atoms with Crippen LogP contribution in [0.1, 0.15) is 15.9 Å². The number of amides is 1. The molecule has 0 aliphatic heterocycles. The van der Waals surface area contributed by atoms with Crippen LogP contribution in [0.4, 0.5) is 16.5 Å². The van der Waals surface area contributed by atoms with E-state index in [9.17, 15) is 4.79 Å². The molecule has 3 aromatic carbocycles. The number of anilines is 3. The van der Waals surface area contributed by atoms with Crippen LogP contribution in [0.2, 0.25) is 0 Å². The van der Waals surface area contributed by atoms with E-state index >= 15 is 0 Å². The maximum atomic E-state index is 12.4. The van der Waals surface area contributed by atoms with Gasteiger partial charge in [-0.15, -0.1) is 11.3 Å². The fourth-order valence-corrected chi connectivity index (χ4v) is 3.63. The van der Waals surface area contributed by atoms with Gasteiger partial charge in [-0.1, -0.05) is 29.8 Å².